The zero-order valence-corrected chi connectivity index (χ0v) is 9.06. The summed E-state index contributed by atoms with van der Waals surface area (Å²) in [6.45, 7) is 0.512. The first-order valence-corrected chi connectivity index (χ1v) is 5.41. The van der Waals surface area contributed by atoms with Crippen LogP contribution in [0.3, 0.4) is 0 Å². The van der Waals surface area contributed by atoms with E-state index in [9.17, 15) is 9.18 Å². The molecule has 1 heterocycles. The Morgan fingerprint density at radius 1 is 1.06 bits per heavy atom. The first kappa shape index (κ1) is 10.0. The molecule has 0 unspecified atom stereocenters. The van der Waals surface area contributed by atoms with E-state index in [0.29, 0.717) is 17.8 Å². The van der Waals surface area contributed by atoms with E-state index in [2.05, 4.69) is 0 Å². The van der Waals surface area contributed by atoms with Crippen LogP contribution in [0.4, 0.5) is 10.1 Å². The summed E-state index contributed by atoms with van der Waals surface area (Å²) in [4.78, 5) is 13.7. The molecule has 0 bridgehead atoms. The zero-order valence-electron chi connectivity index (χ0n) is 9.06. The normalized spacial score (nSPS) is 13.9. The number of hydrogen-bond acceptors (Lipinski definition) is 1. The van der Waals surface area contributed by atoms with Crippen molar-refractivity contribution >= 4 is 11.6 Å². The lowest BCUT2D eigenvalue weighted by atomic mass is 10.1. The quantitative estimate of drug-likeness (QED) is 0.733. The smallest absolute Gasteiger partial charge is 0.258 e. The molecular weight excluding hydrogens is 217 g/mol. The van der Waals surface area contributed by atoms with Crippen molar-refractivity contribution in [2.75, 3.05) is 4.90 Å². The molecule has 2 aromatic rings. The standard InChI is InChI=1S/C14H10FNO/c15-11-5-3-6-12(8-11)16-9-10-4-1-2-7-13(10)14(16)17/h1-8H,9H2. The van der Waals surface area contributed by atoms with Gasteiger partial charge in [0.05, 0.1) is 6.54 Å². The van der Waals surface area contributed by atoms with Crippen molar-refractivity contribution in [1.82, 2.24) is 0 Å². The Bertz CT molecular complexity index is 594. The fourth-order valence-electron chi connectivity index (χ4n) is 2.11. The molecule has 0 radical (unpaired) electrons. The first-order valence-electron chi connectivity index (χ1n) is 5.41. The van der Waals surface area contributed by atoms with Gasteiger partial charge in [-0.2, -0.15) is 0 Å². The number of amides is 1. The van der Waals surface area contributed by atoms with Gasteiger partial charge in [0.25, 0.3) is 5.91 Å². The van der Waals surface area contributed by atoms with Crippen molar-refractivity contribution < 1.29 is 9.18 Å². The van der Waals surface area contributed by atoms with E-state index in [1.807, 2.05) is 18.2 Å². The Labute approximate surface area is 98.3 Å². The minimum Gasteiger partial charge on any atom is -0.304 e. The molecule has 0 spiro atoms. The number of nitrogens with zero attached hydrogens (tertiary/aromatic N) is 1. The SMILES string of the molecule is O=C1c2ccccc2CN1c1cccc(F)c1. The van der Waals surface area contributed by atoms with Crippen molar-refractivity contribution in [2.24, 2.45) is 0 Å². The molecule has 2 nitrogen and oxygen atoms in total. The van der Waals surface area contributed by atoms with Crippen molar-refractivity contribution in [3.63, 3.8) is 0 Å². The molecule has 2 aromatic carbocycles. The molecule has 3 rings (SSSR count). The summed E-state index contributed by atoms with van der Waals surface area (Å²) >= 11 is 0. The van der Waals surface area contributed by atoms with E-state index >= 15 is 0 Å². The van der Waals surface area contributed by atoms with Gasteiger partial charge in [0, 0.05) is 11.3 Å². The van der Waals surface area contributed by atoms with Gasteiger partial charge >= 0.3 is 0 Å². The molecule has 0 atom stereocenters. The van der Waals surface area contributed by atoms with E-state index in [-0.39, 0.29) is 11.7 Å². The van der Waals surface area contributed by atoms with Crippen LogP contribution in [0.25, 0.3) is 0 Å². The van der Waals surface area contributed by atoms with E-state index in [0.717, 1.165) is 5.56 Å². The predicted octanol–water partition coefficient (Wildman–Crippen LogP) is 2.99. The van der Waals surface area contributed by atoms with Crippen molar-refractivity contribution in [1.29, 1.82) is 0 Å². The molecular formula is C14H10FNO. The minimum absolute atomic E-state index is 0.0637. The molecule has 1 amide bonds. The van der Waals surface area contributed by atoms with Gasteiger partial charge in [-0.25, -0.2) is 4.39 Å². The van der Waals surface area contributed by atoms with Crippen molar-refractivity contribution in [2.45, 2.75) is 6.54 Å². The molecule has 1 aliphatic rings. The van der Waals surface area contributed by atoms with Crippen LogP contribution in [-0.2, 0) is 6.54 Å². The highest BCUT2D eigenvalue weighted by Crippen LogP contribution is 2.28. The summed E-state index contributed by atoms with van der Waals surface area (Å²) in [6, 6.07) is 13.6. The van der Waals surface area contributed by atoms with Crippen LogP contribution < -0.4 is 4.90 Å². The number of anilines is 1. The number of carbonyl (C=O) groups is 1. The molecule has 3 heteroatoms. The third kappa shape index (κ3) is 1.60. The number of benzene rings is 2. The van der Waals surface area contributed by atoms with E-state index in [4.69, 9.17) is 0 Å². The Morgan fingerprint density at radius 3 is 2.65 bits per heavy atom. The van der Waals surface area contributed by atoms with E-state index in [1.165, 1.54) is 12.1 Å². The van der Waals surface area contributed by atoms with Gasteiger partial charge in [-0.05, 0) is 29.8 Å². The maximum Gasteiger partial charge on any atom is 0.258 e. The van der Waals surface area contributed by atoms with Crippen LogP contribution >= 0.6 is 0 Å². The van der Waals surface area contributed by atoms with Crippen LogP contribution in [0.5, 0.6) is 0 Å². The fourth-order valence-corrected chi connectivity index (χ4v) is 2.11. The van der Waals surface area contributed by atoms with Gasteiger partial charge in [-0.1, -0.05) is 24.3 Å². The summed E-state index contributed by atoms with van der Waals surface area (Å²) in [5.74, 6) is -0.391. The van der Waals surface area contributed by atoms with Gasteiger partial charge in [-0.3, -0.25) is 4.79 Å². The Morgan fingerprint density at radius 2 is 1.88 bits per heavy atom. The summed E-state index contributed by atoms with van der Waals surface area (Å²) in [7, 11) is 0. The second-order valence-corrected chi connectivity index (χ2v) is 4.03. The lowest BCUT2D eigenvalue weighted by Gasteiger charge is -2.15. The summed E-state index contributed by atoms with van der Waals surface area (Å²) in [5.41, 5.74) is 2.30. The third-order valence-electron chi connectivity index (χ3n) is 2.94. The lowest BCUT2D eigenvalue weighted by molar-refractivity contribution is 0.0996. The molecule has 0 aromatic heterocycles. The van der Waals surface area contributed by atoms with Crippen LogP contribution in [0.1, 0.15) is 15.9 Å². The monoisotopic (exact) mass is 227 g/mol. The fraction of sp³-hybridized carbons (Fsp3) is 0.0714. The molecule has 0 saturated heterocycles. The number of fused-ring (bicyclic) bond motifs is 1. The average Bonchev–Trinajstić information content (AvgIpc) is 2.68. The molecule has 84 valence electrons. The summed E-state index contributed by atoms with van der Waals surface area (Å²) in [6.07, 6.45) is 0. The summed E-state index contributed by atoms with van der Waals surface area (Å²) < 4.78 is 13.1. The zero-order chi connectivity index (χ0) is 11.8. The number of hydrogen-bond donors (Lipinski definition) is 0. The van der Waals surface area contributed by atoms with Crippen molar-refractivity contribution in [3.8, 4) is 0 Å². The molecule has 0 aliphatic carbocycles. The molecule has 1 aliphatic heterocycles. The maximum atomic E-state index is 13.1. The van der Waals surface area contributed by atoms with Crippen LogP contribution in [0.15, 0.2) is 48.5 Å². The topological polar surface area (TPSA) is 20.3 Å². The van der Waals surface area contributed by atoms with Gasteiger partial charge in [-0.15, -0.1) is 0 Å². The second kappa shape index (κ2) is 3.70. The predicted molar refractivity (Wildman–Crippen MR) is 63.4 cm³/mol. The van der Waals surface area contributed by atoms with E-state index < -0.39 is 0 Å². The molecule has 0 fully saturated rings. The van der Waals surface area contributed by atoms with Gasteiger partial charge < -0.3 is 4.90 Å². The minimum atomic E-state index is -0.328. The average molecular weight is 227 g/mol. The highest BCUT2D eigenvalue weighted by molar-refractivity contribution is 6.09. The maximum absolute atomic E-state index is 13.1. The second-order valence-electron chi connectivity index (χ2n) is 4.03. The van der Waals surface area contributed by atoms with Gasteiger partial charge in [0.2, 0.25) is 0 Å². The largest absolute Gasteiger partial charge is 0.304 e. The van der Waals surface area contributed by atoms with Crippen LogP contribution in [-0.4, -0.2) is 5.91 Å². The number of halogens is 1. The lowest BCUT2D eigenvalue weighted by Crippen LogP contribution is -2.22. The highest BCUT2D eigenvalue weighted by Gasteiger charge is 2.27. The Kier molecular flexibility index (Phi) is 2.18. The molecule has 0 N–H and O–H groups in total. The summed E-state index contributed by atoms with van der Waals surface area (Å²) in [5, 5.41) is 0. The number of rotatable bonds is 1. The van der Waals surface area contributed by atoms with Crippen LogP contribution in [0.2, 0.25) is 0 Å². The molecule has 0 saturated carbocycles. The van der Waals surface area contributed by atoms with Crippen LogP contribution in [0, 0.1) is 5.82 Å². The number of carbonyl (C=O) groups excluding carboxylic acids is 1. The first-order chi connectivity index (χ1) is 8.25. The van der Waals surface area contributed by atoms with Gasteiger partial charge in [0.1, 0.15) is 5.82 Å². The molecule has 17 heavy (non-hydrogen) atoms. The van der Waals surface area contributed by atoms with Gasteiger partial charge in [0.15, 0.2) is 0 Å². The van der Waals surface area contributed by atoms with Crippen molar-refractivity contribution in [3.05, 3.63) is 65.5 Å². The van der Waals surface area contributed by atoms with E-state index in [1.54, 1.807) is 23.1 Å². The Balaban J connectivity index is 2.02. The Hall–Kier alpha value is -2.16. The third-order valence-corrected chi connectivity index (χ3v) is 2.94. The highest BCUT2D eigenvalue weighted by atomic mass is 19.1.